The molecule has 0 aromatic heterocycles. The van der Waals surface area contributed by atoms with E-state index < -0.39 is 33.5 Å². The van der Waals surface area contributed by atoms with Crippen LogP contribution in [0.1, 0.15) is 18.9 Å². The van der Waals surface area contributed by atoms with Crippen LogP contribution < -0.4 is 0 Å². The number of Topliss-reactive ketones (excluding diaryl/α,β-unsaturated/α-hetero) is 1. The number of aliphatic hydroxyl groups is 1. The Hall–Kier alpha value is -1.99. The number of aryl methyl sites for hydroxylation is 1. The molecule has 122 valence electrons. The van der Waals surface area contributed by atoms with Crippen LogP contribution in [-0.2, 0) is 19.6 Å². The first-order valence-corrected chi connectivity index (χ1v) is 8.69. The molecule has 0 radical (unpaired) electrons. The van der Waals surface area contributed by atoms with Gasteiger partial charge in [-0.15, -0.1) is 0 Å². The smallest absolute Gasteiger partial charge is 0.273 e. The second-order valence-corrected chi connectivity index (χ2v) is 7.88. The van der Waals surface area contributed by atoms with Gasteiger partial charge in [0.15, 0.2) is 5.60 Å². The Labute approximate surface area is 134 Å². The highest BCUT2D eigenvalue weighted by Gasteiger charge is 2.58. The Kier molecular flexibility index (Phi) is 3.46. The van der Waals surface area contributed by atoms with Gasteiger partial charge < -0.3 is 5.11 Å². The van der Waals surface area contributed by atoms with Gasteiger partial charge in [-0.2, -0.15) is 0 Å². The maximum Gasteiger partial charge on any atom is 0.273 e. The third-order valence-electron chi connectivity index (χ3n) is 4.49. The number of carbonyl (C=O) groups excluding carboxylic acids is 2. The van der Waals surface area contributed by atoms with Crippen molar-refractivity contribution >= 4 is 21.7 Å². The molecule has 1 amide bonds. The molecule has 1 saturated heterocycles. The molecule has 1 fully saturated rings. The van der Waals surface area contributed by atoms with Gasteiger partial charge in [-0.05, 0) is 38.5 Å². The fraction of sp³-hybridized carbons (Fsp3) is 0.375. The Bertz CT molecular complexity index is 811. The van der Waals surface area contributed by atoms with E-state index in [0.29, 0.717) is 4.31 Å². The average molecular weight is 335 g/mol. The van der Waals surface area contributed by atoms with Crippen molar-refractivity contribution in [1.82, 2.24) is 4.31 Å². The van der Waals surface area contributed by atoms with Crippen molar-refractivity contribution in [3.63, 3.8) is 0 Å². The van der Waals surface area contributed by atoms with E-state index in [4.69, 9.17) is 0 Å². The summed E-state index contributed by atoms with van der Waals surface area (Å²) in [6.45, 7) is 3.12. The predicted molar refractivity (Wildman–Crippen MR) is 81.9 cm³/mol. The summed E-state index contributed by atoms with van der Waals surface area (Å²) in [6.07, 6.45) is 2.82. The van der Waals surface area contributed by atoms with Crippen LogP contribution in [0.2, 0.25) is 0 Å². The molecule has 7 heteroatoms. The highest BCUT2D eigenvalue weighted by Crippen LogP contribution is 2.41. The molecule has 0 saturated carbocycles. The highest BCUT2D eigenvalue weighted by atomic mass is 32.2. The summed E-state index contributed by atoms with van der Waals surface area (Å²) in [6, 6.07) is 5.38. The summed E-state index contributed by atoms with van der Waals surface area (Å²) in [5.74, 6) is -2.20. The average Bonchev–Trinajstić information content (AvgIpc) is 2.48. The number of hydrogen-bond donors (Lipinski definition) is 1. The lowest BCUT2D eigenvalue weighted by molar-refractivity contribution is -0.160. The van der Waals surface area contributed by atoms with Crippen LogP contribution in [-0.4, -0.2) is 41.2 Å². The topological polar surface area (TPSA) is 91.8 Å². The number of fused-ring (bicyclic) bond motifs is 2. The summed E-state index contributed by atoms with van der Waals surface area (Å²) in [4.78, 5) is 24.3. The molecule has 1 aliphatic carbocycles. The Balaban J connectivity index is 2.06. The minimum absolute atomic E-state index is 0.0135. The monoisotopic (exact) mass is 335 g/mol. The summed E-state index contributed by atoms with van der Waals surface area (Å²) in [5.41, 5.74) is -1.19. The zero-order valence-electron chi connectivity index (χ0n) is 12.8. The van der Waals surface area contributed by atoms with Gasteiger partial charge in [0, 0.05) is 0 Å². The van der Waals surface area contributed by atoms with E-state index in [1.54, 1.807) is 12.1 Å². The number of piperidine rings is 1. The van der Waals surface area contributed by atoms with Crippen LogP contribution >= 0.6 is 0 Å². The minimum atomic E-state index is -4.08. The van der Waals surface area contributed by atoms with Crippen molar-refractivity contribution in [2.45, 2.75) is 36.8 Å². The molecular formula is C16H17NO5S. The number of carbonyl (C=O) groups is 2. The Morgan fingerprint density at radius 2 is 1.91 bits per heavy atom. The predicted octanol–water partition coefficient (Wildman–Crippen LogP) is 0.791. The van der Waals surface area contributed by atoms with Crippen molar-refractivity contribution in [2.75, 3.05) is 0 Å². The molecular weight excluding hydrogens is 318 g/mol. The van der Waals surface area contributed by atoms with E-state index in [0.717, 1.165) is 5.56 Å². The minimum Gasteiger partial charge on any atom is -0.375 e. The third-order valence-corrected chi connectivity index (χ3v) is 6.32. The highest BCUT2D eigenvalue weighted by molar-refractivity contribution is 7.89. The molecule has 3 aliphatic rings. The zero-order valence-corrected chi connectivity index (χ0v) is 13.6. The molecule has 1 N–H and O–H groups in total. The molecule has 1 aromatic rings. The van der Waals surface area contributed by atoms with Crippen molar-refractivity contribution in [1.29, 1.82) is 0 Å². The van der Waals surface area contributed by atoms with Crippen molar-refractivity contribution < 1.29 is 23.1 Å². The Morgan fingerprint density at radius 1 is 1.30 bits per heavy atom. The fourth-order valence-corrected chi connectivity index (χ4v) is 4.77. The van der Waals surface area contributed by atoms with Crippen LogP contribution in [0.5, 0.6) is 0 Å². The molecule has 0 unspecified atom stereocenters. The summed E-state index contributed by atoms with van der Waals surface area (Å²) in [7, 11) is -4.08. The second-order valence-electron chi connectivity index (χ2n) is 6.07. The number of benzene rings is 1. The number of rotatable bonds is 3. The van der Waals surface area contributed by atoms with Gasteiger partial charge in [0.1, 0.15) is 5.78 Å². The largest absolute Gasteiger partial charge is 0.375 e. The van der Waals surface area contributed by atoms with Gasteiger partial charge in [0.25, 0.3) is 15.9 Å². The first-order chi connectivity index (χ1) is 10.7. The number of nitrogens with zero attached hydrogens (tertiary/aromatic N) is 1. The van der Waals surface area contributed by atoms with E-state index in [1.165, 1.54) is 31.2 Å². The first-order valence-electron chi connectivity index (χ1n) is 7.25. The molecule has 6 nitrogen and oxygen atoms in total. The SMILES string of the molecule is CC(=O)[C@@H]1C[C@H]2C=C[C@]1(O)C(=O)N2S(=O)(=O)c1ccc(C)cc1. The van der Waals surface area contributed by atoms with Crippen molar-refractivity contribution in [2.24, 2.45) is 5.92 Å². The van der Waals surface area contributed by atoms with Gasteiger partial charge in [-0.25, -0.2) is 12.7 Å². The quantitative estimate of drug-likeness (QED) is 0.825. The molecule has 2 heterocycles. The van der Waals surface area contributed by atoms with Crippen molar-refractivity contribution in [3.8, 4) is 0 Å². The fourth-order valence-electron chi connectivity index (χ4n) is 3.18. The number of amides is 1. The van der Waals surface area contributed by atoms with E-state index in [2.05, 4.69) is 0 Å². The normalized spacial score (nSPS) is 29.9. The van der Waals surface area contributed by atoms with Gasteiger partial charge in [-0.3, -0.25) is 9.59 Å². The third kappa shape index (κ3) is 2.22. The maximum atomic E-state index is 12.8. The molecule has 0 spiro atoms. The first kappa shape index (κ1) is 15.9. The van der Waals surface area contributed by atoms with Gasteiger partial charge in [-0.1, -0.05) is 23.8 Å². The van der Waals surface area contributed by atoms with E-state index in [9.17, 15) is 23.1 Å². The summed E-state index contributed by atoms with van der Waals surface area (Å²) >= 11 is 0. The van der Waals surface area contributed by atoms with Gasteiger partial charge in [0.05, 0.1) is 16.9 Å². The number of sulfonamides is 1. The molecule has 1 aromatic carbocycles. The van der Waals surface area contributed by atoms with Crippen LogP contribution in [0.3, 0.4) is 0 Å². The molecule has 2 bridgehead atoms. The van der Waals surface area contributed by atoms with Gasteiger partial charge >= 0.3 is 0 Å². The lowest BCUT2D eigenvalue weighted by Gasteiger charge is -2.47. The number of hydrogen-bond acceptors (Lipinski definition) is 5. The van der Waals surface area contributed by atoms with Crippen molar-refractivity contribution in [3.05, 3.63) is 42.0 Å². The number of ketones is 1. The van der Waals surface area contributed by atoms with E-state index in [-0.39, 0.29) is 17.1 Å². The molecule has 4 rings (SSSR count). The molecule has 3 atom stereocenters. The molecule has 2 aliphatic heterocycles. The second kappa shape index (κ2) is 5.01. The Morgan fingerprint density at radius 3 is 2.48 bits per heavy atom. The maximum absolute atomic E-state index is 12.8. The lowest BCUT2D eigenvalue weighted by atomic mass is 9.72. The summed E-state index contributed by atoms with van der Waals surface area (Å²) < 4.78 is 26.3. The van der Waals surface area contributed by atoms with Crippen LogP contribution in [0.15, 0.2) is 41.3 Å². The van der Waals surface area contributed by atoms with Crippen LogP contribution in [0.25, 0.3) is 0 Å². The standard InChI is InChI=1S/C16H17NO5S/c1-10-3-5-13(6-4-10)23(21,22)17-12-7-8-16(20,15(17)19)14(9-12)11(2)18/h3-8,12,14,20H,9H2,1-2H3/t12-,14+,16-/m1/s1. The summed E-state index contributed by atoms with van der Waals surface area (Å²) in [5, 5.41) is 10.6. The van der Waals surface area contributed by atoms with E-state index in [1.807, 2.05) is 6.92 Å². The lowest BCUT2D eigenvalue weighted by Crippen LogP contribution is -2.66. The van der Waals surface area contributed by atoms with Gasteiger partial charge in [0.2, 0.25) is 0 Å². The van der Waals surface area contributed by atoms with E-state index >= 15 is 0 Å². The zero-order chi connectivity index (χ0) is 17.0. The van der Waals surface area contributed by atoms with Crippen LogP contribution in [0.4, 0.5) is 0 Å². The van der Waals surface area contributed by atoms with Crippen LogP contribution in [0, 0.1) is 12.8 Å². The molecule has 23 heavy (non-hydrogen) atoms.